The monoisotopic (exact) mass is 524 g/mol. The predicted octanol–water partition coefficient (Wildman–Crippen LogP) is 4.90. The van der Waals surface area contributed by atoms with E-state index in [4.69, 9.17) is 8.83 Å². The zero-order valence-electron chi connectivity index (χ0n) is 20.4. The van der Waals surface area contributed by atoms with E-state index in [0.29, 0.717) is 33.4 Å². The Hall–Kier alpha value is -4.19. The number of benzene rings is 1. The maximum absolute atomic E-state index is 15.3. The van der Waals surface area contributed by atoms with Crippen molar-refractivity contribution in [3.05, 3.63) is 76.9 Å². The van der Waals surface area contributed by atoms with Crippen molar-refractivity contribution in [1.29, 1.82) is 0 Å². The summed E-state index contributed by atoms with van der Waals surface area (Å²) >= 11 is 0. The molecular formula is C26H23F3N6O3. The van der Waals surface area contributed by atoms with E-state index >= 15 is 4.39 Å². The van der Waals surface area contributed by atoms with Gasteiger partial charge in [-0.1, -0.05) is 0 Å². The maximum atomic E-state index is 15.3. The highest BCUT2D eigenvalue weighted by Gasteiger charge is 2.26. The van der Waals surface area contributed by atoms with E-state index in [-0.39, 0.29) is 24.2 Å². The smallest absolute Gasteiger partial charge is 0.329 e. The number of hydrogen-bond acceptors (Lipinski definition) is 7. The van der Waals surface area contributed by atoms with Crippen molar-refractivity contribution in [3.8, 4) is 22.6 Å². The highest BCUT2D eigenvalue weighted by atomic mass is 19.3. The Bertz CT molecular complexity index is 1630. The standard InChI is InChI=1S/C26H23F3N6O3/c1-33-7-4-18(5-8-33)35-22-10-19(16-6-9-37-14-16)20(27)11-21(22)34(26(35)36)13-17-3-2-15(12-30-17)24-31-32-25(38-24)23(28)29/h2-3,6,9-12,14,18,23H,4-5,7-8,13H2,1H3. The van der Waals surface area contributed by atoms with E-state index in [9.17, 15) is 13.6 Å². The molecule has 0 amide bonds. The molecule has 38 heavy (non-hydrogen) atoms. The number of piperidine rings is 1. The highest BCUT2D eigenvalue weighted by molar-refractivity contribution is 5.83. The highest BCUT2D eigenvalue weighted by Crippen LogP contribution is 2.32. The molecule has 5 aromatic rings. The molecule has 1 aliphatic heterocycles. The van der Waals surface area contributed by atoms with Crippen LogP contribution in [0, 0.1) is 5.82 Å². The van der Waals surface area contributed by atoms with Crippen molar-refractivity contribution in [2.75, 3.05) is 20.1 Å². The predicted molar refractivity (Wildman–Crippen MR) is 131 cm³/mol. The van der Waals surface area contributed by atoms with E-state index in [1.54, 1.807) is 28.8 Å². The van der Waals surface area contributed by atoms with E-state index in [2.05, 4.69) is 20.1 Å². The summed E-state index contributed by atoms with van der Waals surface area (Å²) in [5.74, 6) is -1.32. The molecule has 0 N–H and O–H groups in total. The van der Waals surface area contributed by atoms with Gasteiger partial charge in [-0.3, -0.25) is 14.1 Å². The molecule has 0 aliphatic carbocycles. The lowest BCUT2D eigenvalue weighted by Gasteiger charge is -2.29. The number of fused-ring (bicyclic) bond motifs is 1. The third kappa shape index (κ3) is 4.30. The number of likely N-dealkylation sites (tertiary alicyclic amines) is 1. The molecule has 0 saturated carbocycles. The Kier molecular flexibility index (Phi) is 6.10. The van der Waals surface area contributed by atoms with Crippen LogP contribution in [0.5, 0.6) is 0 Å². The molecule has 0 spiro atoms. The second-order valence-electron chi connectivity index (χ2n) is 9.39. The fraction of sp³-hybridized carbons (Fsp3) is 0.308. The Morgan fingerprint density at radius 1 is 1.08 bits per heavy atom. The van der Waals surface area contributed by atoms with Crippen molar-refractivity contribution < 1.29 is 22.0 Å². The molecule has 0 radical (unpaired) electrons. The van der Waals surface area contributed by atoms with Gasteiger partial charge in [0.2, 0.25) is 5.89 Å². The van der Waals surface area contributed by atoms with E-state index in [1.807, 2.05) is 7.05 Å². The average Bonchev–Trinajstić information content (AvgIpc) is 3.66. The Morgan fingerprint density at radius 3 is 2.55 bits per heavy atom. The summed E-state index contributed by atoms with van der Waals surface area (Å²) in [7, 11) is 2.05. The first-order chi connectivity index (χ1) is 18.4. The van der Waals surface area contributed by atoms with Gasteiger partial charge in [0.15, 0.2) is 0 Å². The largest absolute Gasteiger partial charge is 0.472 e. The lowest BCUT2D eigenvalue weighted by atomic mass is 10.0. The molecule has 9 nitrogen and oxygen atoms in total. The van der Waals surface area contributed by atoms with Crippen molar-refractivity contribution in [3.63, 3.8) is 0 Å². The van der Waals surface area contributed by atoms with Gasteiger partial charge in [0.1, 0.15) is 5.82 Å². The molecule has 0 atom stereocenters. The van der Waals surface area contributed by atoms with Gasteiger partial charge in [-0.25, -0.2) is 9.18 Å². The normalized spacial score (nSPS) is 15.2. The Balaban J connectivity index is 1.40. The topological polar surface area (TPSA) is 95.1 Å². The molecular weight excluding hydrogens is 501 g/mol. The lowest BCUT2D eigenvalue weighted by Crippen LogP contribution is -2.36. The van der Waals surface area contributed by atoms with Gasteiger partial charge < -0.3 is 13.7 Å². The molecule has 1 aromatic carbocycles. The van der Waals surface area contributed by atoms with Crippen LogP contribution in [-0.2, 0) is 6.54 Å². The molecule has 0 unspecified atom stereocenters. The lowest BCUT2D eigenvalue weighted by molar-refractivity contribution is 0.116. The second kappa shape index (κ2) is 9.60. The first-order valence-electron chi connectivity index (χ1n) is 12.1. The molecule has 5 heterocycles. The van der Waals surface area contributed by atoms with E-state index < -0.39 is 18.1 Å². The summed E-state index contributed by atoms with van der Waals surface area (Å²) in [5.41, 5.74) is 2.69. The number of nitrogens with zero attached hydrogens (tertiary/aromatic N) is 6. The first-order valence-corrected chi connectivity index (χ1v) is 12.1. The van der Waals surface area contributed by atoms with Crippen molar-refractivity contribution >= 4 is 11.0 Å². The van der Waals surface area contributed by atoms with Crippen LogP contribution in [0.15, 0.2) is 62.7 Å². The molecule has 1 fully saturated rings. The van der Waals surface area contributed by atoms with Crippen LogP contribution >= 0.6 is 0 Å². The summed E-state index contributed by atoms with van der Waals surface area (Å²) in [6, 6.07) is 7.98. The van der Waals surface area contributed by atoms with Crippen molar-refractivity contribution in [2.45, 2.75) is 31.9 Å². The number of rotatable bonds is 6. The van der Waals surface area contributed by atoms with Gasteiger partial charge in [0.05, 0.1) is 41.4 Å². The molecule has 6 rings (SSSR count). The van der Waals surface area contributed by atoms with Gasteiger partial charge in [0, 0.05) is 29.4 Å². The quantitative estimate of drug-likeness (QED) is 0.312. The Morgan fingerprint density at radius 2 is 1.89 bits per heavy atom. The number of aromatic nitrogens is 5. The van der Waals surface area contributed by atoms with Crippen LogP contribution in [0.25, 0.3) is 33.6 Å². The van der Waals surface area contributed by atoms with Crippen LogP contribution in [0.3, 0.4) is 0 Å². The minimum Gasteiger partial charge on any atom is -0.472 e. The van der Waals surface area contributed by atoms with Gasteiger partial charge in [0.25, 0.3) is 5.89 Å². The summed E-state index contributed by atoms with van der Waals surface area (Å²) in [6.07, 6.45) is 3.09. The summed E-state index contributed by atoms with van der Waals surface area (Å²) in [5, 5.41) is 6.96. The zero-order valence-corrected chi connectivity index (χ0v) is 20.4. The Labute approximate surface area is 214 Å². The van der Waals surface area contributed by atoms with Gasteiger partial charge in [-0.2, -0.15) is 8.78 Å². The zero-order chi connectivity index (χ0) is 26.4. The number of alkyl halides is 2. The molecule has 196 valence electrons. The number of hydrogen-bond donors (Lipinski definition) is 0. The molecule has 1 aliphatic rings. The molecule has 0 bridgehead atoms. The maximum Gasteiger partial charge on any atom is 0.329 e. The van der Waals surface area contributed by atoms with Crippen LogP contribution in [0.2, 0.25) is 0 Å². The second-order valence-corrected chi connectivity index (χ2v) is 9.39. The van der Waals surface area contributed by atoms with Gasteiger partial charge in [-0.15, -0.1) is 10.2 Å². The van der Waals surface area contributed by atoms with Gasteiger partial charge >= 0.3 is 12.1 Å². The summed E-state index contributed by atoms with van der Waals surface area (Å²) in [4.78, 5) is 20.4. The third-order valence-electron chi connectivity index (χ3n) is 6.96. The average molecular weight is 525 g/mol. The van der Waals surface area contributed by atoms with Crippen LogP contribution in [0.1, 0.15) is 36.9 Å². The number of pyridine rings is 1. The van der Waals surface area contributed by atoms with Crippen LogP contribution in [0.4, 0.5) is 13.2 Å². The number of imidazole rings is 1. The minimum absolute atomic E-state index is 0.0259. The fourth-order valence-electron chi connectivity index (χ4n) is 4.94. The minimum atomic E-state index is -2.87. The molecule has 1 saturated heterocycles. The van der Waals surface area contributed by atoms with Crippen molar-refractivity contribution in [1.82, 2.24) is 29.2 Å². The summed E-state index contributed by atoms with van der Waals surface area (Å²) in [6.45, 7) is 1.79. The van der Waals surface area contributed by atoms with Crippen LogP contribution in [-0.4, -0.2) is 49.4 Å². The van der Waals surface area contributed by atoms with E-state index in [1.165, 1.54) is 29.4 Å². The molecule has 4 aromatic heterocycles. The third-order valence-corrected chi connectivity index (χ3v) is 6.96. The fourth-order valence-corrected chi connectivity index (χ4v) is 4.94. The summed E-state index contributed by atoms with van der Waals surface area (Å²) < 4.78 is 54.2. The molecule has 12 heteroatoms. The number of furan rings is 1. The first kappa shape index (κ1) is 24.2. The SMILES string of the molecule is CN1CCC(n2c(=O)n(Cc3ccc(-c4nnc(C(F)F)o4)cn3)c3cc(F)c(-c4ccoc4)cc32)CC1. The van der Waals surface area contributed by atoms with Crippen molar-refractivity contribution in [2.24, 2.45) is 0 Å². The van der Waals surface area contributed by atoms with Crippen LogP contribution < -0.4 is 5.69 Å². The van der Waals surface area contributed by atoms with Gasteiger partial charge in [-0.05, 0) is 57.2 Å². The number of halogens is 3. The van der Waals surface area contributed by atoms with E-state index in [0.717, 1.165) is 25.9 Å².